The summed E-state index contributed by atoms with van der Waals surface area (Å²) in [6.45, 7) is 7.03. The van der Waals surface area contributed by atoms with Gasteiger partial charge in [-0.15, -0.1) is 0 Å². The van der Waals surface area contributed by atoms with Crippen LogP contribution < -0.4 is 0 Å². The molecule has 0 saturated heterocycles. The molecule has 5 nitrogen and oxygen atoms in total. The van der Waals surface area contributed by atoms with Gasteiger partial charge in [0.05, 0.1) is 23.6 Å². The van der Waals surface area contributed by atoms with Gasteiger partial charge < -0.3 is 14.2 Å². The summed E-state index contributed by atoms with van der Waals surface area (Å²) in [4.78, 5) is 16.6. The van der Waals surface area contributed by atoms with Gasteiger partial charge in [0.2, 0.25) is 0 Å². The van der Waals surface area contributed by atoms with Crippen molar-refractivity contribution in [3.8, 4) is 11.1 Å². The Hall–Kier alpha value is -3.44. The number of aromatic nitrogens is 2. The summed E-state index contributed by atoms with van der Waals surface area (Å²) in [6, 6.07) is 19.4. The molecular formula is C29H30N2O3. The van der Waals surface area contributed by atoms with Crippen LogP contribution in [0.5, 0.6) is 0 Å². The van der Waals surface area contributed by atoms with E-state index < -0.39 is 5.97 Å². The number of rotatable bonds is 8. The van der Waals surface area contributed by atoms with Crippen molar-refractivity contribution in [1.29, 1.82) is 0 Å². The van der Waals surface area contributed by atoms with Gasteiger partial charge in [-0.25, -0.2) is 9.78 Å². The molecule has 0 radical (unpaired) electrons. The van der Waals surface area contributed by atoms with Crippen molar-refractivity contribution in [2.45, 2.75) is 45.6 Å². The third-order valence-electron chi connectivity index (χ3n) is 6.40. The summed E-state index contributed by atoms with van der Waals surface area (Å²) in [7, 11) is 0. The highest BCUT2D eigenvalue weighted by atomic mass is 16.5. The van der Waals surface area contributed by atoms with E-state index in [1.54, 1.807) is 12.1 Å². The fourth-order valence-corrected chi connectivity index (χ4v) is 4.43. The van der Waals surface area contributed by atoms with Crippen LogP contribution in [0, 0.1) is 12.8 Å². The molecule has 1 atom stereocenters. The molecule has 1 aliphatic rings. The standard InChI is InChI=1S/C29H30N2O3/c1-18(2)17-34-27(26-15-8-19(3)28-30-25(16-31(26)28)21-11-12-21)22-13-9-20(10-14-22)23-6-4-5-7-24(23)29(32)33/h4-10,13-16,18,21,27H,11-12,17H2,1-3H3,(H,32,33)/t27-/m1/s1. The fourth-order valence-electron chi connectivity index (χ4n) is 4.43. The van der Waals surface area contributed by atoms with E-state index in [0.29, 0.717) is 29.6 Å². The minimum atomic E-state index is -0.925. The van der Waals surface area contributed by atoms with Crippen LogP contribution in [0.4, 0.5) is 0 Å². The van der Waals surface area contributed by atoms with Gasteiger partial charge in [0, 0.05) is 12.1 Å². The largest absolute Gasteiger partial charge is 0.478 e. The summed E-state index contributed by atoms with van der Waals surface area (Å²) in [5.74, 6) is 0.0529. The van der Waals surface area contributed by atoms with Gasteiger partial charge in [0.1, 0.15) is 11.8 Å². The predicted octanol–water partition coefficient (Wildman–Crippen LogP) is 6.65. The van der Waals surface area contributed by atoms with Gasteiger partial charge in [-0.3, -0.25) is 0 Å². The molecule has 0 unspecified atom stereocenters. The quantitative estimate of drug-likeness (QED) is 0.324. The van der Waals surface area contributed by atoms with Gasteiger partial charge in [-0.1, -0.05) is 62.4 Å². The van der Waals surface area contributed by atoms with Crippen LogP contribution in [0.1, 0.15) is 71.6 Å². The number of carbonyl (C=O) groups is 1. The summed E-state index contributed by atoms with van der Waals surface area (Å²) in [5, 5.41) is 9.58. The van der Waals surface area contributed by atoms with E-state index in [2.05, 4.69) is 43.5 Å². The highest BCUT2D eigenvalue weighted by Crippen LogP contribution is 2.40. The topological polar surface area (TPSA) is 63.8 Å². The molecule has 1 aliphatic carbocycles. The van der Waals surface area contributed by atoms with Crippen molar-refractivity contribution in [1.82, 2.24) is 9.38 Å². The van der Waals surface area contributed by atoms with Crippen molar-refractivity contribution in [2.75, 3.05) is 6.61 Å². The monoisotopic (exact) mass is 454 g/mol. The molecule has 34 heavy (non-hydrogen) atoms. The Morgan fingerprint density at radius 3 is 2.50 bits per heavy atom. The van der Waals surface area contributed by atoms with Crippen molar-refractivity contribution in [2.24, 2.45) is 5.92 Å². The number of aromatic carboxylic acids is 1. The lowest BCUT2D eigenvalue weighted by atomic mass is 9.96. The Kier molecular flexibility index (Phi) is 5.96. The molecule has 5 rings (SSSR count). The van der Waals surface area contributed by atoms with Crippen LogP contribution in [-0.4, -0.2) is 27.1 Å². The number of hydrogen-bond donors (Lipinski definition) is 1. The average molecular weight is 455 g/mol. The van der Waals surface area contributed by atoms with Crippen molar-refractivity contribution < 1.29 is 14.6 Å². The first kappa shape index (κ1) is 22.4. The van der Waals surface area contributed by atoms with E-state index in [1.807, 2.05) is 36.4 Å². The fraction of sp³-hybridized carbons (Fsp3) is 0.310. The van der Waals surface area contributed by atoms with Gasteiger partial charge >= 0.3 is 5.97 Å². The van der Waals surface area contributed by atoms with Gasteiger partial charge in [0.15, 0.2) is 0 Å². The molecule has 2 aromatic heterocycles. The molecule has 1 fully saturated rings. The van der Waals surface area contributed by atoms with Crippen LogP contribution in [-0.2, 0) is 4.74 Å². The van der Waals surface area contributed by atoms with Gasteiger partial charge in [0.25, 0.3) is 0 Å². The summed E-state index contributed by atoms with van der Waals surface area (Å²) in [5.41, 5.74) is 7.28. The molecule has 2 heterocycles. The first-order valence-electron chi connectivity index (χ1n) is 11.9. The number of pyridine rings is 1. The molecule has 2 aromatic carbocycles. The number of fused-ring (bicyclic) bond motifs is 1. The van der Waals surface area contributed by atoms with E-state index in [9.17, 15) is 9.90 Å². The number of hydrogen-bond acceptors (Lipinski definition) is 3. The lowest BCUT2D eigenvalue weighted by molar-refractivity contribution is 0.0570. The Labute approximate surface area is 200 Å². The number of carboxylic acids is 1. The number of ether oxygens (including phenoxy) is 1. The lowest BCUT2D eigenvalue weighted by Gasteiger charge is -2.22. The Morgan fingerprint density at radius 2 is 1.82 bits per heavy atom. The number of benzene rings is 2. The number of imidazole rings is 1. The second-order valence-corrected chi connectivity index (χ2v) is 9.65. The number of aryl methyl sites for hydroxylation is 1. The Morgan fingerprint density at radius 1 is 1.09 bits per heavy atom. The van der Waals surface area contributed by atoms with Crippen molar-refractivity contribution >= 4 is 11.6 Å². The highest BCUT2D eigenvalue weighted by Gasteiger charge is 2.28. The maximum atomic E-state index is 11.7. The van der Waals surface area contributed by atoms with Gasteiger partial charge in [-0.2, -0.15) is 0 Å². The van der Waals surface area contributed by atoms with Gasteiger partial charge in [-0.05, 0) is 60.1 Å². The molecule has 1 saturated carbocycles. The van der Waals surface area contributed by atoms with Crippen LogP contribution in [0.15, 0.2) is 66.9 Å². The molecule has 0 aliphatic heterocycles. The molecule has 0 spiro atoms. The first-order valence-corrected chi connectivity index (χ1v) is 11.9. The van der Waals surface area contributed by atoms with E-state index >= 15 is 0 Å². The minimum absolute atomic E-state index is 0.254. The second-order valence-electron chi connectivity index (χ2n) is 9.65. The SMILES string of the molecule is Cc1ccc([C@H](OCC(C)C)c2ccc(-c3ccccc3C(=O)O)cc2)n2cc(C3CC3)nc12. The predicted molar refractivity (Wildman–Crippen MR) is 133 cm³/mol. The first-order chi connectivity index (χ1) is 16.4. The molecule has 0 amide bonds. The molecular weight excluding hydrogens is 424 g/mol. The zero-order valence-electron chi connectivity index (χ0n) is 19.9. The second kappa shape index (κ2) is 9.07. The highest BCUT2D eigenvalue weighted by molar-refractivity contribution is 5.96. The zero-order chi connectivity index (χ0) is 23.8. The molecule has 4 aromatic rings. The molecule has 5 heteroatoms. The maximum Gasteiger partial charge on any atom is 0.336 e. The zero-order valence-corrected chi connectivity index (χ0v) is 19.9. The van der Waals surface area contributed by atoms with Crippen LogP contribution >= 0.6 is 0 Å². The third-order valence-corrected chi connectivity index (χ3v) is 6.40. The minimum Gasteiger partial charge on any atom is -0.478 e. The van der Waals surface area contributed by atoms with E-state index in [0.717, 1.165) is 28.0 Å². The summed E-state index contributed by atoms with van der Waals surface area (Å²) < 4.78 is 8.67. The lowest BCUT2D eigenvalue weighted by Crippen LogP contribution is -2.14. The van der Waals surface area contributed by atoms with Crippen molar-refractivity contribution in [3.05, 3.63) is 94.9 Å². The Bertz CT molecular complexity index is 1330. The van der Waals surface area contributed by atoms with Crippen molar-refractivity contribution in [3.63, 3.8) is 0 Å². The molecule has 0 bridgehead atoms. The van der Waals surface area contributed by atoms with E-state index in [1.165, 1.54) is 18.5 Å². The summed E-state index contributed by atoms with van der Waals surface area (Å²) in [6.07, 6.45) is 4.35. The Balaban J connectivity index is 1.56. The molecule has 174 valence electrons. The maximum absolute atomic E-state index is 11.7. The van der Waals surface area contributed by atoms with Crippen LogP contribution in [0.25, 0.3) is 16.8 Å². The smallest absolute Gasteiger partial charge is 0.336 e. The van der Waals surface area contributed by atoms with Crippen LogP contribution in [0.3, 0.4) is 0 Å². The summed E-state index contributed by atoms with van der Waals surface area (Å²) >= 11 is 0. The molecule has 1 N–H and O–H groups in total. The normalized spacial score (nSPS) is 14.6. The number of carboxylic acid groups (broad SMARTS) is 1. The van der Waals surface area contributed by atoms with E-state index in [-0.39, 0.29) is 6.10 Å². The average Bonchev–Trinajstić information content (AvgIpc) is 3.58. The van der Waals surface area contributed by atoms with E-state index in [4.69, 9.17) is 9.72 Å². The number of nitrogens with zero attached hydrogens (tertiary/aromatic N) is 2. The third kappa shape index (κ3) is 4.36. The van der Waals surface area contributed by atoms with Crippen LogP contribution in [0.2, 0.25) is 0 Å².